The predicted octanol–water partition coefficient (Wildman–Crippen LogP) is 2.89. The van der Waals surface area contributed by atoms with Gasteiger partial charge in [0.25, 0.3) is 5.97 Å². The second-order valence-corrected chi connectivity index (χ2v) is 4.77. The molecule has 0 aromatic rings. The van der Waals surface area contributed by atoms with E-state index in [9.17, 15) is 0 Å². The smallest absolute Gasteiger partial charge is 0.300 e. The lowest BCUT2D eigenvalue weighted by Gasteiger charge is -2.10. The molecule has 5 N–H and O–H groups in total. The minimum atomic E-state index is -0.833. The number of hydrogen-bond acceptors (Lipinski definition) is 3. The summed E-state index contributed by atoms with van der Waals surface area (Å²) in [5.41, 5.74) is 11.4. The Labute approximate surface area is 112 Å². The number of aliphatic carboxylic acids is 1. The first-order valence-electron chi connectivity index (χ1n) is 7.19. The van der Waals surface area contributed by atoms with Crippen LogP contribution >= 0.6 is 0 Å². The molecule has 1 unspecified atom stereocenters. The molecule has 1 atom stereocenters. The van der Waals surface area contributed by atoms with Gasteiger partial charge in [-0.25, -0.2) is 0 Å². The molecule has 0 aliphatic rings. The maximum Gasteiger partial charge on any atom is 0.300 e. The van der Waals surface area contributed by atoms with E-state index >= 15 is 0 Å². The minimum Gasteiger partial charge on any atom is -0.481 e. The van der Waals surface area contributed by atoms with Crippen LogP contribution in [0.5, 0.6) is 0 Å². The van der Waals surface area contributed by atoms with Crippen LogP contribution in [0.2, 0.25) is 0 Å². The molecule has 110 valence electrons. The molecule has 0 aromatic carbocycles. The van der Waals surface area contributed by atoms with Gasteiger partial charge in [-0.2, -0.15) is 0 Å². The lowest BCUT2D eigenvalue weighted by atomic mass is 10.0. The van der Waals surface area contributed by atoms with E-state index in [4.69, 9.17) is 21.4 Å². The third-order valence-corrected chi connectivity index (χ3v) is 2.71. The van der Waals surface area contributed by atoms with Crippen molar-refractivity contribution in [2.75, 3.05) is 6.54 Å². The molecular weight excluding hydrogens is 228 g/mol. The van der Waals surface area contributed by atoms with Gasteiger partial charge in [-0.05, 0) is 25.8 Å². The van der Waals surface area contributed by atoms with Crippen molar-refractivity contribution in [2.45, 2.75) is 77.7 Å². The molecule has 0 saturated carbocycles. The highest BCUT2D eigenvalue weighted by Crippen LogP contribution is 2.09. The van der Waals surface area contributed by atoms with Crippen molar-refractivity contribution in [1.29, 1.82) is 0 Å². The Balaban J connectivity index is 0. The molecule has 0 rings (SSSR count). The number of carbonyl (C=O) groups is 1. The number of unbranched alkanes of at least 4 members (excludes halogenated alkanes) is 5. The number of carboxylic acids is 1. The average Bonchev–Trinajstić information content (AvgIpc) is 2.30. The molecule has 0 amide bonds. The van der Waals surface area contributed by atoms with Crippen LogP contribution in [0.1, 0.15) is 71.6 Å². The third kappa shape index (κ3) is 24.6. The second-order valence-electron chi connectivity index (χ2n) is 4.77. The first-order valence-corrected chi connectivity index (χ1v) is 7.19. The summed E-state index contributed by atoms with van der Waals surface area (Å²) in [4.78, 5) is 9.00. The predicted molar refractivity (Wildman–Crippen MR) is 77.6 cm³/mol. The van der Waals surface area contributed by atoms with E-state index in [1.165, 1.54) is 44.9 Å². The van der Waals surface area contributed by atoms with Crippen LogP contribution in [0.25, 0.3) is 0 Å². The van der Waals surface area contributed by atoms with Gasteiger partial charge >= 0.3 is 0 Å². The van der Waals surface area contributed by atoms with E-state index in [1.54, 1.807) is 0 Å². The molecule has 0 aliphatic heterocycles. The normalized spacial score (nSPS) is 11.6. The van der Waals surface area contributed by atoms with Gasteiger partial charge in [-0.3, -0.25) is 4.79 Å². The van der Waals surface area contributed by atoms with Crippen molar-refractivity contribution < 1.29 is 9.90 Å². The second kappa shape index (κ2) is 16.4. The Bertz CT molecular complexity index is 171. The first-order chi connectivity index (χ1) is 8.54. The lowest BCUT2D eigenvalue weighted by molar-refractivity contribution is -0.134. The van der Waals surface area contributed by atoms with Crippen LogP contribution in [-0.2, 0) is 4.79 Å². The van der Waals surface area contributed by atoms with E-state index in [-0.39, 0.29) is 0 Å². The van der Waals surface area contributed by atoms with Crippen molar-refractivity contribution >= 4 is 5.97 Å². The van der Waals surface area contributed by atoms with Crippen LogP contribution in [0.15, 0.2) is 0 Å². The molecule has 0 aromatic heterocycles. The molecule has 0 fully saturated rings. The summed E-state index contributed by atoms with van der Waals surface area (Å²) in [7, 11) is 0. The fourth-order valence-electron chi connectivity index (χ4n) is 1.71. The highest BCUT2D eigenvalue weighted by Gasteiger charge is 2.00. The monoisotopic (exact) mass is 260 g/mol. The third-order valence-electron chi connectivity index (χ3n) is 2.71. The van der Waals surface area contributed by atoms with Gasteiger partial charge in [-0.15, -0.1) is 0 Å². The SMILES string of the molecule is CC(=O)O.CCCCCCCCC(N)CCCN. The summed E-state index contributed by atoms with van der Waals surface area (Å²) in [6, 6.07) is 0.393. The number of nitrogens with two attached hydrogens (primary N) is 2. The van der Waals surface area contributed by atoms with Crippen LogP contribution in [0.4, 0.5) is 0 Å². The minimum absolute atomic E-state index is 0.393. The molecule has 0 saturated heterocycles. The zero-order chi connectivity index (χ0) is 14.2. The van der Waals surface area contributed by atoms with Gasteiger partial charge < -0.3 is 16.6 Å². The Morgan fingerprint density at radius 1 is 1.06 bits per heavy atom. The Morgan fingerprint density at radius 2 is 1.50 bits per heavy atom. The fourth-order valence-corrected chi connectivity index (χ4v) is 1.71. The number of hydrogen-bond donors (Lipinski definition) is 3. The molecule has 0 radical (unpaired) electrons. The summed E-state index contributed by atoms with van der Waals surface area (Å²) in [5, 5.41) is 7.42. The topological polar surface area (TPSA) is 89.3 Å². The summed E-state index contributed by atoms with van der Waals surface area (Å²) in [5.74, 6) is -0.833. The summed E-state index contributed by atoms with van der Waals surface area (Å²) < 4.78 is 0. The largest absolute Gasteiger partial charge is 0.481 e. The number of carboxylic acid groups (broad SMARTS) is 1. The average molecular weight is 260 g/mol. The molecule has 18 heavy (non-hydrogen) atoms. The Hall–Kier alpha value is -0.610. The van der Waals surface area contributed by atoms with Crippen LogP contribution < -0.4 is 11.5 Å². The highest BCUT2D eigenvalue weighted by molar-refractivity contribution is 5.62. The maximum absolute atomic E-state index is 9.00. The number of rotatable bonds is 10. The standard InChI is InChI=1S/C12H28N2.C2H4O2/c1-2-3-4-5-6-7-9-12(14)10-8-11-13;1-2(3)4/h12H,2-11,13-14H2,1H3;1H3,(H,3,4). The van der Waals surface area contributed by atoms with E-state index in [2.05, 4.69) is 6.92 Å². The molecule has 0 aliphatic carbocycles. The zero-order valence-corrected chi connectivity index (χ0v) is 12.2. The molecule has 4 nitrogen and oxygen atoms in total. The quantitative estimate of drug-likeness (QED) is 0.527. The molecule has 0 heterocycles. The summed E-state index contributed by atoms with van der Waals surface area (Å²) in [6.45, 7) is 4.12. The van der Waals surface area contributed by atoms with Crippen molar-refractivity contribution in [3.05, 3.63) is 0 Å². The van der Waals surface area contributed by atoms with Gasteiger partial charge in [0.05, 0.1) is 0 Å². The van der Waals surface area contributed by atoms with Crippen molar-refractivity contribution in [1.82, 2.24) is 0 Å². The molecular formula is C14H32N2O2. The van der Waals surface area contributed by atoms with Crippen molar-refractivity contribution in [3.63, 3.8) is 0 Å². The van der Waals surface area contributed by atoms with E-state index in [0.717, 1.165) is 26.3 Å². The first kappa shape index (κ1) is 19.7. The Morgan fingerprint density at radius 3 is 2.00 bits per heavy atom. The summed E-state index contributed by atoms with van der Waals surface area (Å²) in [6.07, 6.45) is 11.5. The molecule has 0 spiro atoms. The summed E-state index contributed by atoms with van der Waals surface area (Å²) >= 11 is 0. The van der Waals surface area contributed by atoms with E-state index in [0.29, 0.717) is 6.04 Å². The van der Waals surface area contributed by atoms with Crippen LogP contribution in [0.3, 0.4) is 0 Å². The maximum atomic E-state index is 9.00. The molecule has 4 heteroatoms. The van der Waals surface area contributed by atoms with Crippen molar-refractivity contribution in [3.8, 4) is 0 Å². The van der Waals surface area contributed by atoms with Crippen LogP contribution in [0, 0.1) is 0 Å². The zero-order valence-electron chi connectivity index (χ0n) is 12.2. The van der Waals surface area contributed by atoms with Gasteiger partial charge in [0.2, 0.25) is 0 Å². The van der Waals surface area contributed by atoms with Crippen LogP contribution in [-0.4, -0.2) is 23.7 Å². The highest BCUT2D eigenvalue weighted by atomic mass is 16.4. The molecule has 0 bridgehead atoms. The van der Waals surface area contributed by atoms with Gasteiger partial charge in [0.1, 0.15) is 0 Å². The fraction of sp³-hybridized carbons (Fsp3) is 0.929. The van der Waals surface area contributed by atoms with Gasteiger partial charge in [0, 0.05) is 13.0 Å². The van der Waals surface area contributed by atoms with Crippen molar-refractivity contribution in [2.24, 2.45) is 11.5 Å². The Kier molecular flexibility index (Phi) is 18.0. The van der Waals surface area contributed by atoms with Gasteiger partial charge in [0.15, 0.2) is 0 Å². The lowest BCUT2D eigenvalue weighted by Crippen LogP contribution is -2.20. The van der Waals surface area contributed by atoms with Gasteiger partial charge in [-0.1, -0.05) is 45.4 Å². The van der Waals surface area contributed by atoms with E-state index in [1.807, 2.05) is 0 Å². The van der Waals surface area contributed by atoms with E-state index < -0.39 is 5.97 Å².